The predicted molar refractivity (Wildman–Crippen MR) is 114 cm³/mol. The molecular weight excluding hydrogens is 396 g/mol. The van der Waals surface area contributed by atoms with Gasteiger partial charge in [-0.2, -0.15) is 0 Å². The molecule has 1 aliphatic rings. The molecule has 7 nitrogen and oxygen atoms in total. The van der Waals surface area contributed by atoms with Gasteiger partial charge in [0.2, 0.25) is 0 Å². The van der Waals surface area contributed by atoms with Crippen LogP contribution in [0.25, 0.3) is 0 Å². The highest BCUT2D eigenvalue weighted by Gasteiger charge is 2.22. The number of nitrogens with one attached hydrogen (secondary N) is 1. The van der Waals surface area contributed by atoms with Crippen LogP contribution < -0.4 is 20.3 Å². The summed E-state index contributed by atoms with van der Waals surface area (Å²) < 4.78 is 5.30. The van der Waals surface area contributed by atoms with Gasteiger partial charge in [-0.3, -0.25) is 4.90 Å². The van der Waals surface area contributed by atoms with Crippen molar-refractivity contribution in [3.63, 3.8) is 0 Å². The van der Waals surface area contributed by atoms with E-state index in [2.05, 4.69) is 64.8 Å². The highest BCUT2D eigenvalue weighted by molar-refractivity contribution is 5.87. The van der Waals surface area contributed by atoms with Crippen LogP contribution in [-0.2, 0) is 16.0 Å². The molecule has 1 saturated heterocycles. The summed E-state index contributed by atoms with van der Waals surface area (Å²) in [5.41, 5.74) is 2.81. The van der Waals surface area contributed by atoms with Gasteiger partial charge in [0, 0.05) is 32.2 Å². The van der Waals surface area contributed by atoms with Gasteiger partial charge in [-0.25, -0.2) is 0 Å². The largest absolute Gasteiger partial charge is 0.545 e. The first-order valence-electron chi connectivity index (χ1n) is 10.2. The van der Waals surface area contributed by atoms with E-state index >= 15 is 0 Å². The molecule has 1 N–H and O–H groups in total. The third-order valence-corrected chi connectivity index (χ3v) is 5.00. The van der Waals surface area contributed by atoms with Crippen molar-refractivity contribution in [2.24, 2.45) is 0 Å². The Balaban J connectivity index is 0.000000366. The van der Waals surface area contributed by atoms with Crippen LogP contribution in [0, 0.1) is 0 Å². The molecule has 0 amide bonds. The van der Waals surface area contributed by atoms with Crippen LogP contribution in [-0.4, -0.2) is 50.1 Å². The van der Waals surface area contributed by atoms with Gasteiger partial charge in [0.1, 0.15) is 5.75 Å². The lowest BCUT2D eigenvalue weighted by molar-refractivity contribution is -0.301. The lowest BCUT2D eigenvalue weighted by Crippen LogP contribution is -2.45. The smallest absolute Gasteiger partial charge is 0.118 e. The number of carboxylic acids is 2. The third-order valence-electron chi connectivity index (χ3n) is 5.00. The molecular formula is C24H28N2O5-2. The molecule has 0 aromatic heterocycles. The Morgan fingerprint density at radius 2 is 1.58 bits per heavy atom. The number of ether oxygens (including phenoxy) is 1. The zero-order valence-corrected chi connectivity index (χ0v) is 17.7. The number of carbonyl (C=O) groups is 2. The summed E-state index contributed by atoms with van der Waals surface area (Å²) in [5.74, 6) is -2.17. The number of carbonyl (C=O) groups excluding carboxylic acids is 2. The standard InChI is InChI=1S/C20H26N2O.C4H4O4/c1-23-19-10-8-18(9-11-19)20(22-15-13-21-14-16-22)12-7-17-5-3-2-4-6-17;5-3(6)1-2-4(7)8/h2-6,8-11,20-21H,7,12-16H2,1H3;1-2H,(H,5,6)(H,7,8)/p-2. The Bertz CT molecular complexity index is 815. The van der Waals surface area contributed by atoms with E-state index in [-0.39, 0.29) is 0 Å². The van der Waals surface area contributed by atoms with Crippen LogP contribution in [0.2, 0.25) is 0 Å². The molecule has 1 atom stereocenters. The molecule has 0 radical (unpaired) electrons. The Morgan fingerprint density at radius 1 is 1.00 bits per heavy atom. The van der Waals surface area contributed by atoms with Gasteiger partial charge in [-0.1, -0.05) is 42.5 Å². The fraction of sp³-hybridized carbons (Fsp3) is 0.333. The molecule has 0 bridgehead atoms. The second-order valence-electron chi connectivity index (χ2n) is 7.07. The zero-order chi connectivity index (χ0) is 22.5. The average molecular weight is 424 g/mol. The number of nitrogens with zero attached hydrogens (tertiary/aromatic N) is 1. The number of hydrogen-bond acceptors (Lipinski definition) is 7. The maximum atomic E-state index is 9.41. The minimum Gasteiger partial charge on any atom is -0.545 e. The van der Waals surface area contributed by atoms with E-state index in [1.165, 1.54) is 11.1 Å². The lowest BCUT2D eigenvalue weighted by Gasteiger charge is -2.35. The Morgan fingerprint density at radius 3 is 2.10 bits per heavy atom. The monoisotopic (exact) mass is 424 g/mol. The molecule has 166 valence electrons. The van der Waals surface area contributed by atoms with Gasteiger partial charge in [0.15, 0.2) is 0 Å². The lowest BCUT2D eigenvalue weighted by atomic mass is 9.97. The predicted octanol–water partition coefficient (Wildman–Crippen LogP) is 0.317. The van der Waals surface area contributed by atoms with Crippen molar-refractivity contribution in [3.8, 4) is 5.75 Å². The number of hydrogen-bond donors (Lipinski definition) is 1. The molecule has 7 heteroatoms. The quantitative estimate of drug-likeness (QED) is 0.609. The molecule has 2 aromatic carbocycles. The summed E-state index contributed by atoms with van der Waals surface area (Å²) in [6.07, 6.45) is 3.03. The number of piperazine rings is 1. The number of carboxylic acid groups (broad SMARTS) is 2. The molecule has 2 aromatic rings. The zero-order valence-electron chi connectivity index (χ0n) is 17.7. The second-order valence-corrected chi connectivity index (χ2v) is 7.07. The maximum Gasteiger partial charge on any atom is 0.118 e. The van der Waals surface area contributed by atoms with Crippen molar-refractivity contribution in [1.82, 2.24) is 10.2 Å². The number of methoxy groups -OCH3 is 1. The first-order valence-corrected chi connectivity index (χ1v) is 10.2. The molecule has 3 rings (SSSR count). The van der Waals surface area contributed by atoms with Gasteiger partial charge in [0.05, 0.1) is 19.0 Å². The Hall–Kier alpha value is -3.16. The van der Waals surface area contributed by atoms with Crippen molar-refractivity contribution in [2.45, 2.75) is 18.9 Å². The number of benzene rings is 2. The number of aryl methyl sites for hydroxylation is 1. The first-order chi connectivity index (χ1) is 15.0. The van der Waals surface area contributed by atoms with Gasteiger partial charge in [-0.05, 0) is 48.3 Å². The third kappa shape index (κ3) is 9.02. The molecule has 1 heterocycles. The minimum absolute atomic E-state index is 0.384. The van der Waals surface area contributed by atoms with Crippen molar-refractivity contribution < 1.29 is 24.5 Å². The van der Waals surface area contributed by atoms with Crippen molar-refractivity contribution >= 4 is 11.9 Å². The summed E-state index contributed by atoms with van der Waals surface area (Å²) in [5, 5.41) is 22.3. The van der Waals surface area contributed by atoms with Gasteiger partial charge < -0.3 is 29.9 Å². The maximum absolute atomic E-state index is 9.41. The van der Waals surface area contributed by atoms with E-state index in [0.717, 1.165) is 44.8 Å². The molecule has 0 saturated carbocycles. The van der Waals surface area contributed by atoms with Crippen LogP contribution in [0.3, 0.4) is 0 Å². The summed E-state index contributed by atoms with van der Waals surface area (Å²) in [7, 11) is 1.72. The van der Waals surface area contributed by atoms with Gasteiger partial charge >= 0.3 is 0 Å². The Kier molecular flexibility index (Phi) is 10.3. The minimum atomic E-state index is -1.55. The highest BCUT2D eigenvalue weighted by Crippen LogP contribution is 2.28. The van der Waals surface area contributed by atoms with Crippen LogP contribution >= 0.6 is 0 Å². The summed E-state index contributed by atoms with van der Waals surface area (Å²) in [6, 6.07) is 19.9. The van der Waals surface area contributed by atoms with Gasteiger partial charge in [-0.15, -0.1) is 0 Å². The molecule has 31 heavy (non-hydrogen) atoms. The van der Waals surface area contributed by atoms with E-state index < -0.39 is 11.9 Å². The fourth-order valence-electron chi connectivity index (χ4n) is 3.46. The number of aliphatic carboxylic acids is 2. The van der Waals surface area contributed by atoms with Gasteiger partial charge in [0.25, 0.3) is 0 Å². The van der Waals surface area contributed by atoms with E-state index in [1.54, 1.807) is 7.11 Å². The molecule has 0 spiro atoms. The van der Waals surface area contributed by atoms with Crippen molar-refractivity contribution in [2.75, 3.05) is 33.3 Å². The van der Waals surface area contributed by atoms with E-state index in [0.29, 0.717) is 18.2 Å². The summed E-state index contributed by atoms with van der Waals surface area (Å²) >= 11 is 0. The molecule has 0 aliphatic carbocycles. The fourth-order valence-corrected chi connectivity index (χ4v) is 3.46. The molecule has 1 fully saturated rings. The van der Waals surface area contributed by atoms with E-state index in [1.807, 2.05) is 0 Å². The topological polar surface area (TPSA) is 105 Å². The van der Waals surface area contributed by atoms with Crippen molar-refractivity contribution in [1.29, 1.82) is 0 Å². The Labute approximate surface area is 183 Å². The first kappa shape index (κ1) is 24.1. The van der Waals surface area contributed by atoms with Crippen LogP contribution in [0.1, 0.15) is 23.6 Å². The number of rotatable bonds is 8. The van der Waals surface area contributed by atoms with E-state index in [4.69, 9.17) is 4.74 Å². The van der Waals surface area contributed by atoms with Crippen LogP contribution in [0.5, 0.6) is 5.75 Å². The normalized spacial score (nSPS) is 15.0. The van der Waals surface area contributed by atoms with Crippen LogP contribution in [0.4, 0.5) is 0 Å². The van der Waals surface area contributed by atoms with Crippen LogP contribution in [0.15, 0.2) is 66.7 Å². The SMILES string of the molecule is COc1ccc(C(CCc2ccccc2)N2CCNCC2)cc1.O=C([O-])C=CC(=O)[O-]. The summed E-state index contributed by atoms with van der Waals surface area (Å²) in [6.45, 7) is 4.40. The molecule has 1 aliphatic heterocycles. The average Bonchev–Trinajstić information content (AvgIpc) is 2.80. The molecule has 1 unspecified atom stereocenters. The second kappa shape index (κ2) is 13.2. The summed E-state index contributed by atoms with van der Waals surface area (Å²) in [4.78, 5) is 21.4. The highest BCUT2D eigenvalue weighted by atomic mass is 16.5. The van der Waals surface area contributed by atoms with E-state index in [9.17, 15) is 19.8 Å². The van der Waals surface area contributed by atoms with Crippen molar-refractivity contribution in [3.05, 3.63) is 77.9 Å².